The van der Waals surface area contributed by atoms with Gasteiger partial charge in [-0.3, -0.25) is 14.6 Å². The molecule has 7 nitrogen and oxygen atoms in total. The van der Waals surface area contributed by atoms with E-state index >= 15 is 0 Å². The summed E-state index contributed by atoms with van der Waals surface area (Å²) in [6, 6.07) is 3.80. The number of hydrogen-bond donors (Lipinski definition) is 2. The first-order valence-corrected chi connectivity index (χ1v) is 8.09. The van der Waals surface area contributed by atoms with Crippen molar-refractivity contribution in [3.05, 3.63) is 29.7 Å². The Morgan fingerprint density at radius 2 is 2.39 bits per heavy atom. The number of aromatic amines is 1. The largest absolute Gasteiger partial charge is 0.371 e. The molecule has 1 amide bonds. The van der Waals surface area contributed by atoms with Gasteiger partial charge in [0.15, 0.2) is 5.82 Å². The van der Waals surface area contributed by atoms with Gasteiger partial charge < -0.3 is 10.1 Å². The Balaban J connectivity index is 1.73. The van der Waals surface area contributed by atoms with E-state index in [4.69, 9.17) is 4.74 Å². The monoisotopic (exact) mass is 317 g/mol. The molecule has 1 aliphatic heterocycles. The maximum absolute atomic E-state index is 12.6. The molecular weight excluding hydrogens is 294 g/mol. The molecule has 0 aliphatic carbocycles. The number of carbonyl (C=O) groups is 1. The van der Waals surface area contributed by atoms with E-state index in [1.807, 2.05) is 23.7 Å². The Morgan fingerprint density at radius 1 is 1.57 bits per heavy atom. The van der Waals surface area contributed by atoms with E-state index in [1.165, 1.54) is 0 Å². The molecule has 1 aliphatic rings. The molecule has 2 atom stereocenters. The first kappa shape index (κ1) is 15.7. The summed E-state index contributed by atoms with van der Waals surface area (Å²) in [6.45, 7) is 7.51. The van der Waals surface area contributed by atoms with Crippen LogP contribution in [0.3, 0.4) is 0 Å². The summed E-state index contributed by atoms with van der Waals surface area (Å²) < 4.78 is 7.68. The summed E-state index contributed by atoms with van der Waals surface area (Å²) in [7, 11) is 0. The van der Waals surface area contributed by atoms with E-state index < -0.39 is 0 Å². The number of aromatic nitrogens is 4. The van der Waals surface area contributed by atoms with E-state index in [0.717, 1.165) is 17.9 Å². The summed E-state index contributed by atoms with van der Waals surface area (Å²) in [4.78, 5) is 12.6. The highest BCUT2D eigenvalue weighted by atomic mass is 16.5. The fourth-order valence-electron chi connectivity index (χ4n) is 2.91. The second-order valence-electron chi connectivity index (χ2n) is 6.11. The summed E-state index contributed by atoms with van der Waals surface area (Å²) in [5, 5.41) is 14.3. The van der Waals surface area contributed by atoms with Crippen molar-refractivity contribution in [1.82, 2.24) is 20.0 Å². The zero-order valence-electron chi connectivity index (χ0n) is 13.7. The highest BCUT2D eigenvalue weighted by Gasteiger charge is 2.37. The summed E-state index contributed by atoms with van der Waals surface area (Å²) >= 11 is 0. The van der Waals surface area contributed by atoms with Gasteiger partial charge in [-0.2, -0.15) is 10.2 Å². The van der Waals surface area contributed by atoms with Crippen molar-refractivity contribution < 1.29 is 9.53 Å². The minimum Gasteiger partial charge on any atom is -0.371 e. The molecule has 124 valence electrons. The van der Waals surface area contributed by atoms with E-state index in [2.05, 4.69) is 34.5 Å². The SMILES string of the molecule is CCn1nccc1[C@@H]1OCC[C@H]1C(=O)Nc1cc(C(C)C)[nH]n1. The average Bonchev–Trinajstić information content (AvgIpc) is 3.25. The number of hydrogen-bond acceptors (Lipinski definition) is 4. The average molecular weight is 317 g/mol. The highest BCUT2D eigenvalue weighted by molar-refractivity contribution is 5.92. The Labute approximate surface area is 135 Å². The van der Waals surface area contributed by atoms with Gasteiger partial charge in [0.25, 0.3) is 0 Å². The Morgan fingerprint density at radius 3 is 3.09 bits per heavy atom. The molecule has 2 aromatic rings. The molecule has 7 heteroatoms. The normalized spacial score (nSPS) is 21.0. The maximum Gasteiger partial charge on any atom is 0.231 e. The first-order chi connectivity index (χ1) is 11.1. The zero-order valence-corrected chi connectivity index (χ0v) is 13.7. The van der Waals surface area contributed by atoms with Crippen LogP contribution in [0, 0.1) is 5.92 Å². The lowest BCUT2D eigenvalue weighted by molar-refractivity contribution is -0.121. The van der Waals surface area contributed by atoms with Crippen molar-refractivity contribution in [2.45, 2.75) is 45.8 Å². The molecule has 0 bridgehead atoms. The minimum absolute atomic E-state index is 0.0573. The molecule has 3 heterocycles. The molecule has 1 fully saturated rings. The van der Waals surface area contributed by atoms with Gasteiger partial charge in [-0.25, -0.2) is 0 Å². The van der Waals surface area contributed by atoms with Gasteiger partial charge in [0.05, 0.1) is 11.6 Å². The van der Waals surface area contributed by atoms with Crippen molar-refractivity contribution in [3.8, 4) is 0 Å². The van der Waals surface area contributed by atoms with Gasteiger partial charge >= 0.3 is 0 Å². The van der Waals surface area contributed by atoms with E-state index in [9.17, 15) is 4.79 Å². The lowest BCUT2D eigenvalue weighted by Gasteiger charge is -2.18. The lowest BCUT2D eigenvalue weighted by Crippen LogP contribution is -2.26. The smallest absolute Gasteiger partial charge is 0.231 e. The number of nitrogens with zero attached hydrogens (tertiary/aromatic N) is 3. The van der Waals surface area contributed by atoms with E-state index in [-0.39, 0.29) is 17.9 Å². The predicted octanol–water partition coefficient (Wildman–Crippen LogP) is 2.47. The highest BCUT2D eigenvalue weighted by Crippen LogP contribution is 2.35. The van der Waals surface area contributed by atoms with Crippen LogP contribution < -0.4 is 5.32 Å². The van der Waals surface area contributed by atoms with Crippen LogP contribution in [0.25, 0.3) is 0 Å². The Kier molecular flexibility index (Phi) is 4.47. The van der Waals surface area contributed by atoms with Gasteiger partial charge in [0.1, 0.15) is 6.10 Å². The van der Waals surface area contributed by atoms with Crippen molar-refractivity contribution in [2.75, 3.05) is 11.9 Å². The quantitative estimate of drug-likeness (QED) is 0.887. The molecule has 0 aromatic carbocycles. The van der Waals surface area contributed by atoms with Crippen LogP contribution in [0.4, 0.5) is 5.82 Å². The van der Waals surface area contributed by atoms with E-state index in [1.54, 1.807) is 6.20 Å². The van der Waals surface area contributed by atoms with Crippen LogP contribution in [0.5, 0.6) is 0 Å². The molecule has 0 spiro atoms. The van der Waals surface area contributed by atoms with Crippen LogP contribution in [0.15, 0.2) is 18.3 Å². The standard InChI is InChI=1S/C16H23N5O2/c1-4-21-13(5-7-17-21)15-11(6-8-23-15)16(22)18-14-9-12(10(2)3)19-20-14/h5,7,9-11,15H,4,6,8H2,1-3H3,(H2,18,19,20,22)/t11-,15-/m1/s1. The predicted molar refractivity (Wildman–Crippen MR) is 86.0 cm³/mol. The molecule has 23 heavy (non-hydrogen) atoms. The number of aryl methyl sites for hydroxylation is 1. The number of ether oxygens (including phenoxy) is 1. The van der Waals surface area contributed by atoms with Crippen molar-refractivity contribution in [3.63, 3.8) is 0 Å². The van der Waals surface area contributed by atoms with Gasteiger partial charge in [0.2, 0.25) is 5.91 Å². The number of anilines is 1. The maximum atomic E-state index is 12.6. The van der Waals surface area contributed by atoms with Crippen molar-refractivity contribution in [2.24, 2.45) is 5.92 Å². The number of carbonyl (C=O) groups excluding carboxylic acids is 1. The molecule has 0 unspecified atom stereocenters. The third kappa shape index (κ3) is 3.14. The molecule has 0 saturated carbocycles. The van der Waals surface area contributed by atoms with Crippen molar-refractivity contribution in [1.29, 1.82) is 0 Å². The van der Waals surface area contributed by atoms with Gasteiger partial charge in [-0.1, -0.05) is 13.8 Å². The fourth-order valence-corrected chi connectivity index (χ4v) is 2.91. The molecule has 1 saturated heterocycles. The third-order valence-electron chi connectivity index (χ3n) is 4.24. The van der Waals surface area contributed by atoms with Gasteiger partial charge in [0, 0.05) is 31.1 Å². The second-order valence-corrected chi connectivity index (χ2v) is 6.11. The summed E-state index contributed by atoms with van der Waals surface area (Å²) in [5.41, 5.74) is 1.96. The lowest BCUT2D eigenvalue weighted by atomic mass is 9.98. The first-order valence-electron chi connectivity index (χ1n) is 8.09. The molecule has 2 N–H and O–H groups in total. The summed E-state index contributed by atoms with van der Waals surface area (Å²) in [5.74, 6) is 0.623. The summed E-state index contributed by atoms with van der Waals surface area (Å²) in [6.07, 6.45) is 2.20. The second kappa shape index (κ2) is 6.54. The van der Waals surface area contributed by atoms with Crippen LogP contribution in [0.1, 0.15) is 50.6 Å². The number of rotatable bonds is 5. The number of nitrogens with one attached hydrogen (secondary N) is 2. The zero-order chi connectivity index (χ0) is 16.4. The van der Waals surface area contributed by atoms with Crippen LogP contribution >= 0.6 is 0 Å². The van der Waals surface area contributed by atoms with Gasteiger partial charge in [-0.05, 0) is 25.3 Å². The molecule has 2 aromatic heterocycles. The minimum atomic E-state index is -0.249. The molecular formula is C16H23N5O2. The fraction of sp³-hybridized carbons (Fsp3) is 0.562. The van der Waals surface area contributed by atoms with Crippen LogP contribution in [0.2, 0.25) is 0 Å². The number of H-pyrrole nitrogens is 1. The van der Waals surface area contributed by atoms with Crippen molar-refractivity contribution >= 4 is 11.7 Å². The third-order valence-corrected chi connectivity index (χ3v) is 4.24. The topological polar surface area (TPSA) is 84.8 Å². The Bertz CT molecular complexity index is 676. The van der Waals surface area contributed by atoms with E-state index in [0.29, 0.717) is 24.8 Å². The number of amides is 1. The Hall–Kier alpha value is -2.15. The van der Waals surface area contributed by atoms with Crippen LogP contribution in [-0.2, 0) is 16.1 Å². The van der Waals surface area contributed by atoms with Crippen LogP contribution in [-0.4, -0.2) is 32.5 Å². The molecule has 0 radical (unpaired) electrons. The molecule has 3 rings (SSSR count). The van der Waals surface area contributed by atoms with Gasteiger partial charge in [-0.15, -0.1) is 0 Å².